The van der Waals surface area contributed by atoms with Crippen molar-refractivity contribution in [2.75, 3.05) is 19.6 Å². The molecule has 4 nitrogen and oxygen atoms in total. The largest absolute Gasteiger partial charge is 0.355 e. The monoisotopic (exact) mass is 263 g/mol. The molecule has 0 aliphatic carbocycles. The van der Waals surface area contributed by atoms with Crippen molar-refractivity contribution in [3.05, 3.63) is 35.1 Å². The fourth-order valence-electron chi connectivity index (χ4n) is 1.72. The number of hydrogen-bond donors (Lipinski definition) is 1. The lowest BCUT2D eigenvalue weighted by atomic mass is 10.1. The summed E-state index contributed by atoms with van der Waals surface area (Å²) in [5.74, 6) is -0.480. The van der Waals surface area contributed by atoms with Crippen LogP contribution < -0.4 is 5.32 Å². The normalized spacial score (nSPS) is 10.3. The summed E-state index contributed by atoms with van der Waals surface area (Å²) in [5.41, 5.74) is 0.790. The number of rotatable bonds is 6. The van der Waals surface area contributed by atoms with Gasteiger partial charge in [0.05, 0.1) is 18.2 Å². The average Bonchev–Trinajstić information content (AvgIpc) is 2.40. The molecule has 0 saturated heterocycles. The molecular weight excluding hydrogens is 245 g/mol. The molecule has 1 aromatic carbocycles. The standard InChI is InChI=1S/C14H18FN3O/c1-3-17-14(19)10-18(4-2)9-12-6-5-11(8-16)7-13(12)15/h5-7H,3-4,9-10H2,1-2H3,(H,17,19). The molecule has 0 atom stereocenters. The Hall–Kier alpha value is -1.93. The topological polar surface area (TPSA) is 56.1 Å². The van der Waals surface area contributed by atoms with Crippen LogP contribution in [0.15, 0.2) is 18.2 Å². The van der Waals surface area contributed by atoms with Crippen LogP contribution in [-0.4, -0.2) is 30.4 Å². The van der Waals surface area contributed by atoms with Crippen LogP contribution in [0.2, 0.25) is 0 Å². The highest BCUT2D eigenvalue weighted by Crippen LogP contribution is 2.12. The summed E-state index contributed by atoms with van der Waals surface area (Å²) < 4.78 is 13.7. The first-order chi connectivity index (χ1) is 9.10. The number of hydrogen-bond acceptors (Lipinski definition) is 3. The van der Waals surface area contributed by atoms with E-state index in [0.717, 1.165) is 0 Å². The third-order valence-corrected chi connectivity index (χ3v) is 2.76. The van der Waals surface area contributed by atoms with E-state index in [1.165, 1.54) is 6.07 Å². The summed E-state index contributed by atoms with van der Waals surface area (Å²) in [5, 5.41) is 11.4. The van der Waals surface area contributed by atoms with Crippen LogP contribution >= 0.6 is 0 Å². The van der Waals surface area contributed by atoms with Crippen molar-refractivity contribution in [3.63, 3.8) is 0 Å². The molecule has 1 rings (SSSR count). The van der Waals surface area contributed by atoms with E-state index in [1.54, 1.807) is 12.1 Å². The second kappa shape index (κ2) is 7.49. The zero-order valence-corrected chi connectivity index (χ0v) is 11.2. The first-order valence-corrected chi connectivity index (χ1v) is 6.28. The average molecular weight is 263 g/mol. The molecule has 0 fully saturated rings. The molecule has 1 N–H and O–H groups in total. The predicted octanol–water partition coefficient (Wildman–Crippen LogP) is 1.66. The second-order valence-corrected chi connectivity index (χ2v) is 4.17. The molecule has 1 aromatic rings. The highest BCUT2D eigenvalue weighted by molar-refractivity contribution is 5.77. The Morgan fingerprint density at radius 3 is 2.74 bits per heavy atom. The maximum atomic E-state index is 13.7. The number of benzene rings is 1. The Bertz CT molecular complexity index is 482. The summed E-state index contributed by atoms with van der Waals surface area (Å²) >= 11 is 0. The molecule has 19 heavy (non-hydrogen) atoms. The number of nitriles is 1. The van der Waals surface area contributed by atoms with Gasteiger partial charge in [-0.1, -0.05) is 13.0 Å². The van der Waals surface area contributed by atoms with E-state index in [0.29, 0.717) is 30.8 Å². The lowest BCUT2D eigenvalue weighted by Gasteiger charge is -2.20. The van der Waals surface area contributed by atoms with Crippen molar-refractivity contribution in [2.24, 2.45) is 0 Å². The Labute approximate surface area is 112 Å². The quantitative estimate of drug-likeness (QED) is 0.849. The molecule has 0 heterocycles. The van der Waals surface area contributed by atoms with Crippen LogP contribution in [0.3, 0.4) is 0 Å². The van der Waals surface area contributed by atoms with Crippen LogP contribution in [0.25, 0.3) is 0 Å². The Balaban J connectivity index is 2.71. The molecular formula is C14H18FN3O. The van der Waals surface area contributed by atoms with Crippen molar-refractivity contribution in [2.45, 2.75) is 20.4 Å². The van der Waals surface area contributed by atoms with Gasteiger partial charge in [-0.3, -0.25) is 9.69 Å². The zero-order chi connectivity index (χ0) is 14.3. The fourth-order valence-corrected chi connectivity index (χ4v) is 1.72. The molecule has 0 saturated carbocycles. The maximum Gasteiger partial charge on any atom is 0.234 e. The summed E-state index contributed by atoms with van der Waals surface area (Å²) in [6.45, 7) is 5.60. The first-order valence-electron chi connectivity index (χ1n) is 6.28. The Morgan fingerprint density at radius 2 is 2.21 bits per heavy atom. The highest BCUT2D eigenvalue weighted by Gasteiger charge is 2.11. The molecule has 102 valence electrons. The van der Waals surface area contributed by atoms with Gasteiger partial charge in [0.25, 0.3) is 0 Å². The van der Waals surface area contributed by atoms with Gasteiger partial charge in [-0.05, 0) is 25.6 Å². The van der Waals surface area contributed by atoms with Crippen LogP contribution in [0.5, 0.6) is 0 Å². The van der Waals surface area contributed by atoms with Crippen molar-refractivity contribution in [1.29, 1.82) is 5.26 Å². The van der Waals surface area contributed by atoms with E-state index in [-0.39, 0.29) is 12.5 Å². The molecule has 0 bridgehead atoms. The minimum absolute atomic E-state index is 0.0709. The van der Waals surface area contributed by atoms with Gasteiger partial charge in [-0.25, -0.2) is 4.39 Å². The van der Waals surface area contributed by atoms with Gasteiger partial charge in [0, 0.05) is 18.7 Å². The summed E-state index contributed by atoms with van der Waals surface area (Å²) in [4.78, 5) is 13.3. The van der Waals surface area contributed by atoms with Crippen molar-refractivity contribution in [1.82, 2.24) is 10.2 Å². The van der Waals surface area contributed by atoms with Gasteiger partial charge in [-0.15, -0.1) is 0 Å². The van der Waals surface area contributed by atoms with Crippen LogP contribution in [0.4, 0.5) is 4.39 Å². The number of nitrogens with zero attached hydrogens (tertiary/aromatic N) is 2. The lowest BCUT2D eigenvalue weighted by Crippen LogP contribution is -2.36. The van der Waals surface area contributed by atoms with E-state index in [1.807, 2.05) is 24.8 Å². The van der Waals surface area contributed by atoms with E-state index in [2.05, 4.69) is 5.32 Å². The third kappa shape index (κ3) is 4.68. The zero-order valence-electron chi connectivity index (χ0n) is 11.2. The summed E-state index contributed by atoms with van der Waals surface area (Å²) in [6, 6.07) is 6.28. The van der Waals surface area contributed by atoms with Crippen molar-refractivity contribution < 1.29 is 9.18 Å². The van der Waals surface area contributed by atoms with Gasteiger partial charge >= 0.3 is 0 Å². The van der Waals surface area contributed by atoms with E-state index in [4.69, 9.17) is 5.26 Å². The van der Waals surface area contributed by atoms with Gasteiger partial charge in [0.1, 0.15) is 5.82 Å². The number of nitrogens with one attached hydrogen (secondary N) is 1. The SMILES string of the molecule is CCNC(=O)CN(CC)Cc1ccc(C#N)cc1F. The van der Waals surface area contributed by atoms with Gasteiger partial charge in [-0.2, -0.15) is 5.26 Å². The van der Waals surface area contributed by atoms with Crippen molar-refractivity contribution in [3.8, 4) is 6.07 Å². The van der Waals surface area contributed by atoms with Crippen LogP contribution in [0, 0.1) is 17.1 Å². The molecule has 5 heteroatoms. The number of carbonyl (C=O) groups excluding carboxylic acids is 1. The summed E-state index contributed by atoms with van der Waals surface area (Å²) in [7, 11) is 0. The number of amides is 1. The van der Waals surface area contributed by atoms with Gasteiger partial charge < -0.3 is 5.32 Å². The highest BCUT2D eigenvalue weighted by atomic mass is 19.1. The van der Waals surface area contributed by atoms with Crippen LogP contribution in [-0.2, 0) is 11.3 Å². The maximum absolute atomic E-state index is 13.7. The number of likely N-dealkylation sites (N-methyl/N-ethyl adjacent to an activating group) is 2. The van der Waals surface area contributed by atoms with Gasteiger partial charge in [0.15, 0.2) is 0 Å². The summed E-state index contributed by atoms with van der Waals surface area (Å²) in [6.07, 6.45) is 0. The Morgan fingerprint density at radius 1 is 1.47 bits per heavy atom. The van der Waals surface area contributed by atoms with E-state index in [9.17, 15) is 9.18 Å². The van der Waals surface area contributed by atoms with Crippen molar-refractivity contribution >= 4 is 5.91 Å². The first kappa shape index (κ1) is 15.1. The number of halogens is 1. The van der Waals surface area contributed by atoms with Crippen LogP contribution in [0.1, 0.15) is 25.0 Å². The fraction of sp³-hybridized carbons (Fsp3) is 0.429. The molecule has 0 aliphatic heterocycles. The molecule has 0 aliphatic rings. The van der Waals surface area contributed by atoms with E-state index < -0.39 is 5.82 Å². The molecule has 0 aromatic heterocycles. The molecule has 0 unspecified atom stereocenters. The number of carbonyl (C=O) groups is 1. The van der Waals surface area contributed by atoms with E-state index >= 15 is 0 Å². The molecule has 0 spiro atoms. The molecule has 1 amide bonds. The minimum atomic E-state index is -0.409. The second-order valence-electron chi connectivity index (χ2n) is 4.17. The minimum Gasteiger partial charge on any atom is -0.355 e. The third-order valence-electron chi connectivity index (χ3n) is 2.76. The smallest absolute Gasteiger partial charge is 0.234 e. The molecule has 0 radical (unpaired) electrons. The lowest BCUT2D eigenvalue weighted by molar-refractivity contribution is -0.122. The van der Waals surface area contributed by atoms with Gasteiger partial charge in [0.2, 0.25) is 5.91 Å². The predicted molar refractivity (Wildman–Crippen MR) is 70.7 cm³/mol. The Kier molecular flexibility index (Phi) is 5.97.